The van der Waals surface area contributed by atoms with Crippen molar-refractivity contribution in [3.8, 4) is 0 Å². The third kappa shape index (κ3) is 3.65. The number of fused-ring (bicyclic) bond motifs is 1. The Labute approximate surface area is 168 Å². The van der Waals surface area contributed by atoms with E-state index in [1.165, 1.54) is 4.90 Å². The van der Waals surface area contributed by atoms with E-state index in [9.17, 15) is 14.4 Å². The number of aromatic nitrogens is 1. The summed E-state index contributed by atoms with van der Waals surface area (Å²) in [6.45, 7) is 0.565. The van der Waals surface area contributed by atoms with Crippen LogP contribution in [0.1, 0.15) is 42.2 Å². The minimum Gasteiger partial charge on any atom is -0.337 e. The maximum absolute atomic E-state index is 12.8. The molecule has 0 saturated heterocycles. The summed E-state index contributed by atoms with van der Waals surface area (Å²) in [6, 6.07) is 17.6. The topological polar surface area (TPSA) is 70.6 Å². The Balaban J connectivity index is 1.50. The van der Waals surface area contributed by atoms with Crippen molar-refractivity contribution >= 4 is 17.7 Å². The van der Waals surface area contributed by atoms with Crippen molar-refractivity contribution in [2.24, 2.45) is 0 Å². The standard InChI is InChI=1S/C23H19N3O3/c1-25(14-17-7-5-11-24-13-17)21(27)18-8-4-6-16(12-18)15-26-22(28)19-9-2-3-10-20(19)23(26)29/h2-13H,14-15H2,1H3. The molecule has 1 aliphatic heterocycles. The molecule has 6 heteroatoms. The lowest BCUT2D eigenvalue weighted by molar-refractivity contribution is 0.0642. The van der Waals surface area contributed by atoms with Gasteiger partial charge in [0.1, 0.15) is 0 Å². The van der Waals surface area contributed by atoms with Gasteiger partial charge in [-0.3, -0.25) is 24.3 Å². The second-order valence-corrected chi connectivity index (χ2v) is 6.96. The average Bonchev–Trinajstić information content (AvgIpc) is 2.99. The van der Waals surface area contributed by atoms with Crippen molar-refractivity contribution in [3.05, 3.63) is 101 Å². The van der Waals surface area contributed by atoms with Gasteiger partial charge in [-0.25, -0.2) is 0 Å². The van der Waals surface area contributed by atoms with Crippen LogP contribution in [0.5, 0.6) is 0 Å². The highest BCUT2D eigenvalue weighted by Crippen LogP contribution is 2.24. The molecule has 0 unspecified atom stereocenters. The van der Waals surface area contributed by atoms with E-state index in [4.69, 9.17) is 0 Å². The summed E-state index contributed by atoms with van der Waals surface area (Å²) in [5.41, 5.74) is 3.00. The third-order valence-electron chi connectivity index (χ3n) is 4.88. The largest absolute Gasteiger partial charge is 0.337 e. The number of carbonyl (C=O) groups excluding carboxylic acids is 3. The summed E-state index contributed by atoms with van der Waals surface area (Å²) >= 11 is 0. The molecule has 2 heterocycles. The smallest absolute Gasteiger partial charge is 0.261 e. The molecule has 0 spiro atoms. The van der Waals surface area contributed by atoms with Gasteiger partial charge in [-0.2, -0.15) is 0 Å². The van der Waals surface area contributed by atoms with Crippen LogP contribution < -0.4 is 0 Å². The van der Waals surface area contributed by atoms with E-state index in [2.05, 4.69) is 4.98 Å². The lowest BCUT2D eigenvalue weighted by atomic mass is 10.1. The highest BCUT2D eigenvalue weighted by Gasteiger charge is 2.35. The first-order valence-corrected chi connectivity index (χ1v) is 9.23. The van der Waals surface area contributed by atoms with E-state index in [-0.39, 0.29) is 24.3 Å². The van der Waals surface area contributed by atoms with Crippen LogP contribution in [0.2, 0.25) is 0 Å². The van der Waals surface area contributed by atoms with E-state index in [1.807, 2.05) is 12.1 Å². The molecule has 2 aromatic carbocycles. The van der Waals surface area contributed by atoms with Crippen LogP contribution >= 0.6 is 0 Å². The van der Waals surface area contributed by atoms with E-state index < -0.39 is 0 Å². The summed E-state index contributed by atoms with van der Waals surface area (Å²) in [5, 5.41) is 0. The Morgan fingerprint density at radius 3 is 2.28 bits per heavy atom. The van der Waals surface area contributed by atoms with Gasteiger partial charge >= 0.3 is 0 Å². The number of nitrogens with zero attached hydrogens (tertiary/aromatic N) is 3. The molecule has 4 rings (SSSR count). The first kappa shape index (κ1) is 18.6. The van der Waals surface area contributed by atoms with Crippen molar-refractivity contribution in [2.45, 2.75) is 13.1 Å². The van der Waals surface area contributed by atoms with Gasteiger partial charge in [0.25, 0.3) is 17.7 Å². The molecule has 3 amide bonds. The second kappa shape index (κ2) is 7.67. The van der Waals surface area contributed by atoms with Crippen LogP contribution in [0.4, 0.5) is 0 Å². The minimum atomic E-state index is -0.309. The van der Waals surface area contributed by atoms with E-state index in [0.29, 0.717) is 23.2 Å². The molecule has 1 aromatic heterocycles. The lowest BCUT2D eigenvalue weighted by Gasteiger charge is -2.18. The maximum Gasteiger partial charge on any atom is 0.261 e. The summed E-state index contributed by atoms with van der Waals surface area (Å²) in [6.07, 6.45) is 3.41. The van der Waals surface area contributed by atoms with Gasteiger partial charge in [0, 0.05) is 31.5 Å². The molecule has 29 heavy (non-hydrogen) atoms. The molecule has 144 valence electrons. The number of pyridine rings is 1. The minimum absolute atomic E-state index is 0.125. The normalized spacial score (nSPS) is 12.8. The van der Waals surface area contributed by atoms with Crippen LogP contribution in [-0.4, -0.2) is 39.6 Å². The Morgan fingerprint density at radius 2 is 1.62 bits per heavy atom. The van der Waals surface area contributed by atoms with E-state index in [1.54, 1.807) is 72.9 Å². The van der Waals surface area contributed by atoms with Gasteiger partial charge in [0.2, 0.25) is 0 Å². The Kier molecular flexibility index (Phi) is 4.91. The zero-order chi connectivity index (χ0) is 20.4. The zero-order valence-electron chi connectivity index (χ0n) is 15.9. The number of imide groups is 1. The molecule has 1 aliphatic rings. The summed E-state index contributed by atoms with van der Waals surface area (Å²) in [7, 11) is 1.73. The predicted molar refractivity (Wildman–Crippen MR) is 107 cm³/mol. The van der Waals surface area contributed by atoms with Gasteiger partial charge in [0.15, 0.2) is 0 Å². The summed E-state index contributed by atoms with van der Waals surface area (Å²) in [5.74, 6) is -0.759. The number of hydrogen-bond donors (Lipinski definition) is 0. The molecule has 0 saturated carbocycles. The predicted octanol–water partition coefficient (Wildman–Crippen LogP) is 3.15. The number of rotatable bonds is 5. The fraction of sp³-hybridized carbons (Fsp3) is 0.130. The number of carbonyl (C=O) groups is 3. The highest BCUT2D eigenvalue weighted by atomic mass is 16.2. The molecule has 0 radical (unpaired) electrons. The molecule has 0 bridgehead atoms. The molecule has 0 aliphatic carbocycles. The average molecular weight is 385 g/mol. The molecule has 0 fully saturated rings. The first-order chi connectivity index (χ1) is 14.0. The quantitative estimate of drug-likeness (QED) is 0.633. The van der Waals surface area contributed by atoms with Crippen molar-refractivity contribution < 1.29 is 14.4 Å². The number of hydrogen-bond acceptors (Lipinski definition) is 4. The Morgan fingerprint density at radius 1 is 0.931 bits per heavy atom. The molecule has 6 nitrogen and oxygen atoms in total. The van der Waals surface area contributed by atoms with Gasteiger partial charge in [-0.15, -0.1) is 0 Å². The van der Waals surface area contributed by atoms with Crippen LogP contribution in [0, 0.1) is 0 Å². The summed E-state index contributed by atoms with van der Waals surface area (Å²) in [4.78, 5) is 44.8. The molecular formula is C23H19N3O3. The van der Waals surface area contributed by atoms with Crippen molar-refractivity contribution in [1.82, 2.24) is 14.8 Å². The Bertz CT molecular complexity index is 1060. The van der Waals surface area contributed by atoms with Gasteiger partial charge < -0.3 is 4.90 Å². The van der Waals surface area contributed by atoms with Crippen LogP contribution in [0.25, 0.3) is 0 Å². The number of benzene rings is 2. The van der Waals surface area contributed by atoms with Crippen molar-refractivity contribution in [2.75, 3.05) is 7.05 Å². The van der Waals surface area contributed by atoms with E-state index >= 15 is 0 Å². The fourth-order valence-electron chi connectivity index (χ4n) is 3.43. The van der Waals surface area contributed by atoms with Crippen molar-refractivity contribution in [1.29, 1.82) is 0 Å². The van der Waals surface area contributed by atoms with Crippen LogP contribution in [0.3, 0.4) is 0 Å². The van der Waals surface area contributed by atoms with Crippen molar-refractivity contribution in [3.63, 3.8) is 0 Å². The van der Waals surface area contributed by atoms with Crippen LogP contribution in [0.15, 0.2) is 73.1 Å². The third-order valence-corrected chi connectivity index (χ3v) is 4.88. The molecular weight excluding hydrogens is 366 g/mol. The molecule has 0 N–H and O–H groups in total. The fourth-order valence-corrected chi connectivity index (χ4v) is 3.43. The first-order valence-electron chi connectivity index (χ1n) is 9.23. The summed E-state index contributed by atoms with van der Waals surface area (Å²) < 4.78 is 0. The van der Waals surface area contributed by atoms with Gasteiger partial charge in [-0.1, -0.05) is 30.3 Å². The highest BCUT2D eigenvalue weighted by molar-refractivity contribution is 6.21. The number of amides is 3. The zero-order valence-corrected chi connectivity index (χ0v) is 15.9. The molecule has 0 atom stereocenters. The van der Waals surface area contributed by atoms with Gasteiger partial charge in [-0.05, 0) is 41.5 Å². The van der Waals surface area contributed by atoms with Gasteiger partial charge in [0.05, 0.1) is 17.7 Å². The van der Waals surface area contributed by atoms with E-state index in [0.717, 1.165) is 11.1 Å². The SMILES string of the molecule is CN(Cc1cccnc1)C(=O)c1cccc(CN2C(=O)c3ccccc3C2=O)c1. The van der Waals surface area contributed by atoms with Crippen LogP contribution in [-0.2, 0) is 13.1 Å². The molecule has 3 aromatic rings. The Hall–Kier alpha value is -3.80. The lowest BCUT2D eigenvalue weighted by Crippen LogP contribution is -2.29. The monoisotopic (exact) mass is 385 g/mol. The maximum atomic E-state index is 12.8. The second-order valence-electron chi connectivity index (χ2n) is 6.96.